The van der Waals surface area contributed by atoms with Crippen molar-refractivity contribution >= 4 is 29.8 Å². The summed E-state index contributed by atoms with van der Waals surface area (Å²) in [5.74, 6) is -0.257. The van der Waals surface area contributed by atoms with Gasteiger partial charge in [0, 0.05) is 24.0 Å². The lowest BCUT2D eigenvalue weighted by molar-refractivity contribution is -0.135. The van der Waals surface area contributed by atoms with Crippen molar-refractivity contribution in [3.05, 3.63) is 76.6 Å². The minimum atomic E-state index is -0.590. The van der Waals surface area contributed by atoms with Gasteiger partial charge in [0.25, 0.3) is 0 Å². The van der Waals surface area contributed by atoms with Crippen LogP contribution in [0.2, 0.25) is 0 Å². The Kier molecular flexibility index (Phi) is 9.09. The topological polar surface area (TPSA) is 118 Å². The smallest absolute Gasteiger partial charge is 0.342 e. The van der Waals surface area contributed by atoms with Crippen LogP contribution in [0.5, 0.6) is 11.5 Å². The molecule has 0 saturated heterocycles. The van der Waals surface area contributed by atoms with Crippen LogP contribution in [0.1, 0.15) is 95.4 Å². The Morgan fingerprint density at radius 3 is 2.49 bits per heavy atom. The molecule has 3 heterocycles. The van der Waals surface area contributed by atoms with E-state index in [0.29, 0.717) is 66.7 Å². The molecule has 0 radical (unpaired) electrons. The Bertz CT molecular complexity index is 1560. The molecule has 2 unspecified atom stereocenters. The van der Waals surface area contributed by atoms with E-state index in [9.17, 15) is 19.2 Å². The summed E-state index contributed by atoms with van der Waals surface area (Å²) >= 11 is 0. The van der Waals surface area contributed by atoms with Gasteiger partial charge in [0.15, 0.2) is 0 Å². The molecular weight excluding hydrogens is 552 g/mol. The highest BCUT2D eigenvalue weighted by atomic mass is 16.6. The SMILES string of the molecule is COC(=O)c1ccc(-c2ccc(C3CC(=O)Oc4cc5c(c(OC)c43)C(=O)OC(C)CCCC(=O)CCCC=C5)o2)cc1. The zero-order valence-electron chi connectivity index (χ0n) is 24.5. The van der Waals surface area contributed by atoms with Crippen LogP contribution in [0.15, 0.2) is 53.0 Å². The Morgan fingerprint density at radius 1 is 0.977 bits per heavy atom. The van der Waals surface area contributed by atoms with E-state index in [0.717, 1.165) is 5.56 Å². The number of benzene rings is 2. The van der Waals surface area contributed by atoms with Crippen molar-refractivity contribution in [1.29, 1.82) is 0 Å². The lowest BCUT2D eigenvalue weighted by atomic mass is 9.86. The largest absolute Gasteiger partial charge is 0.495 e. The number of hydrogen-bond donors (Lipinski definition) is 0. The molecule has 224 valence electrons. The van der Waals surface area contributed by atoms with Gasteiger partial charge in [-0.05, 0) is 68.5 Å². The maximum atomic E-state index is 13.6. The van der Waals surface area contributed by atoms with Crippen molar-refractivity contribution in [1.82, 2.24) is 0 Å². The van der Waals surface area contributed by atoms with Gasteiger partial charge in [-0.3, -0.25) is 9.59 Å². The number of allylic oxidation sites excluding steroid dienone is 1. The maximum Gasteiger partial charge on any atom is 0.342 e. The molecule has 2 aliphatic rings. The van der Waals surface area contributed by atoms with Crippen molar-refractivity contribution in [2.24, 2.45) is 0 Å². The Morgan fingerprint density at radius 2 is 1.74 bits per heavy atom. The molecule has 0 fully saturated rings. The molecule has 9 heteroatoms. The van der Waals surface area contributed by atoms with Gasteiger partial charge >= 0.3 is 17.9 Å². The average molecular weight is 587 g/mol. The number of furan rings is 1. The number of ketones is 1. The van der Waals surface area contributed by atoms with Gasteiger partial charge in [-0.2, -0.15) is 0 Å². The highest BCUT2D eigenvalue weighted by molar-refractivity contribution is 5.99. The molecule has 2 aliphatic heterocycles. The zero-order valence-corrected chi connectivity index (χ0v) is 24.5. The van der Waals surface area contributed by atoms with Gasteiger partial charge in [0.05, 0.1) is 38.2 Å². The second-order valence-corrected chi connectivity index (χ2v) is 10.7. The number of methoxy groups -OCH3 is 2. The highest BCUT2D eigenvalue weighted by Gasteiger charge is 2.37. The average Bonchev–Trinajstić information content (AvgIpc) is 3.49. The number of fused-ring (bicyclic) bond motifs is 2. The molecule has 3 aromatic rings. The highest BCUT2D eigenvalue weighted by Crippen LogP contribution is 2.48. The summed E-state index contributed by atoms with van der Waals surface area (Å²) in [5.41, 5.74) is 2.41. The van der Waals surface area contributed by atoms with Gasteiger partial charge in [0.2, 0.25) is 0 Å². The van der Waals surface area contributed by atoms with Gasteiger partial charge in [-0.25, -0.2) is 9.59 Å². The molecule has 2 aromatic carbocycles. The van der Waals surface area contributed by atoms with E-state index in [1.54, 1.807) is 55.5 Å². The summed E-state index contributed by atoms with van der Waals surface area (Å²) in [7, 11) is 2.79. The molecule has 1 aromatic heterocycles. The fraction of sp³-hybridized carbons (Fsp3) is 0.353. The third-order valence-corrected chi connectivity index (χ3v) is 7.72. The fourth-order valence-corrected chi connectivity index (χ4v) is 5.54. The maximum absolute atomic E-state index is 13.6. The first-order valence-corrected chi connectivity index (χ1v) is 14.4. The third kappa shape index (κ3) is 6.56. The number of rotatable bonds is 4. The van der Waals surface area contributed by atoms with Crippen LogP contribution in [-0.2, 0) is 19.1 Å². The molecule has 43 heavy (non-hydrogen) atoms. The first-order chi connectivity index (χ1) is 20.8. The normalized spacial score (nSPS) is 19.4. The van der Waals surface area contributed by atoms with E-state index in [1.807, 2.05) is 6.08 Å². The summed E-state index contributed by atoms with van der Waals surface area (Å²) in [6, 6.07) is 12.0. The molecule has 2 atom stereocenters. The van der Waals surface area contributed by atoms with Crippen molar-refractivity contribution < 1.29 is 42.5 Å². The minimum absolute atomic E-state index is 0.0221. The van der Waals surface area contributed by atoms with Crippen molar-refractivity contribution in [2.75, 3.05) is 14.2 Å². The fourth-order valence-electron chi connectivity index (χ4n) is 5.54. The lowest BCUT2D eigenvalue weighted by Crippen LogP contribution is -2.24. The molecule has 0 saturated carbocycles. The summed E-state index contributed by atoms with van der Waals surface area (Å²) in [4.78, 5) is 50.4. The van der Waals surface area contributed by atoms with E-state index in [1.165, 1.54) is 14.2 Å². The van der Waals surface area contributed by atoms with Crippen LogP contribution in [0.3, 0.4) is 0 Å². The quantitative estimate of drug-likeness (QED) is 0.244. The molecule has 0 N–H and O–H groups in total. The number of esters is 3. The molecule has 0 bridgehead atoms. The van der Waals surface area contributed by atoms with Gasteiger partial charge < -0.3 is 23.4 Å². The number of ether oxygens (including phenoxy) is 4. The van der Waals surface area contributed by atoms with Crippen LogP contribution < -0.4 is 9.47 Å². The number of hydrogen-bond acceptors (Lipinski definition) is 9. The Balaban J connectivity index is 1.56. The molecule has 5 rings (SSSR count). The summed E-state index contributed by atoms with van der Waals surface area (Å²) < 4.78 is 28.4. The standard InChI is InChI=1S/C34H34O9/c1-20-8-7-11-24(35)10-6-4-5-9-23-18-28-31(32(39-2)30(23)34(38)41-20)25(19-29(36)43-28)27-17-16-26(42-27)21-12-14-22(15-13-21)33(37)40-3/h5,9,12-18,20,25H,4,6-8,10-11,19H2,1-3H3. The number of Topliss-reactive ketones (excluding diaryl/α,β-unsaturated/α-hetero) is 1. The van der Waals surface area contributed by atoms with Crippen LogP contribution in [0.25, 0.3) is 17.4 Å². The van der Waals surface area contributed by atoms with Crippen LogP contribution >= 0.6 is 0 Å². The molecule has 0 aliphatic carbocycles. The third-order valence-electron chi connectivity index (χ3n) is 7.72. The van der Waals surface area contributed by atoms with Crippen molar-refractivity contribution in [2.45, 2.75) is 63.9 Å². The summed E-state index contributed by atoms with van der Waals surface area (Å²) in [6.07, 6.45) is 6.76. The van der Waals surface area contributed by atoms with Crippen molar-refractivity contribution in [3.8, 4) is 22.8 Å². The Hall–Kier alpha value is -4.66. The number of cyclic esters (lactones) is 1. The van der Waals surface area contributed by atoms with Gasteiger partial charge in [-0.15, -0.1) is 0 Å². The second kappa shape index (κ2) is 13.1. The van der Waals surface area contributed by atoms with Gasteiger partial charge in [0.1, 0.15) is 34.4 Å². The molecule has 0 spiro atoms. The number of carbonyl (C=O) groups is 4. The van der Waals surface area contributed by atoms with E-state index in [2.05, 4.69) is 0 Å². The Labute approximate surface area is 249 Å². The monoisotopic (exact) mass is 586 g/mol. The zero-order chi connectivity index (χ0) is 30.5. The van der Waals surface area contributed by atoms with E-state index in [4.69, 9.17) is 23.4 Å². The molecular formula is C34H34O9. The van der Waals surface area contributed by atoms with Gasteiger partial charge in [-0.1, -0.05) is 24.3 Å². The lowest BCUT2D eigenvalue weighted by Gasteiger charge is -2.27. The first kappa shape index (κ1) is 29.8. The van der Waals surface area contributed by atoms with Crippen LogP contribution in [0, 0.1) is 0 Å². The van der Waals surface area contributed by atoms with E-state index >= 15 is 0 Å². The molecule has 9 nitrogen and oxygen atoms in total. The minimum Gasteiger partial charge on any atom is -0.495 e. The van der Waals surface area contributed by atoms with Crippen molar-refractivity contribution in [3.63, 3.8) is 0 Å². The van der Waals surface area contributed by atoms with Crippen LogP contribution in [-0.4, -0.2) is 44.0 Å². The van der Waals surface area contributed by atoms with E-state index in [-0.39, 0.29) is 29.3 Å². The van der Waals surface area contributed by atoms with Crippen LogP contribution in [0.4, 0.5) is 0 Å². The second-order valence-electron chi connectivity index (χ2n) is 10.7. The van der Waals surface area contributed by atoms with E-state index < -0.39 is 29.9 Å². The predicted octanol–water partition coefficient (Wildman–Crippen LogP) is 6.66. The number of carbonyl (C=O) groups excluding carboxylic acids is 4. The summed E-state index contributed by atoms with van der Waals surface area (Å²) in [5, 5.41) is 0. The summed E-state index contributed by atoms with van der Waals surface area (Å²) in [6.45, 7) is 1.81. The predicted molar refractivity (Wildman–Crippen MR) is 157 cm³/mol. The first-order valence-electron chi connectivity index (χ1n) is 14.4. The molecule has 0 amide bonds.